The molecule has 0 spiro atoms. The van der Waals surface area contributed by atoms with Crippen molar-refractivity contribution >= 4 is 5.91 Å². The van der Waals surface area contributed by atoms with Gasteiger partial charge in [0, 0.05) is 50.4 Å². The van der Waals surface area contributed by atoms with Crippen LogP contribution in [0.4, 0.5) is 0 Å². The first kappa shape index (κ1) is 18.9. The van der Waals surface area contributed by atoms with E-state index in [4.69, 9.17) is 13.7 Å². The van der Waals surface area contributed by atoms with Gasteiger partial charge in [-0.05, 0) is 25.0 Å². The predicted molar refractivity (Wildman–Crippen MR) is 104 cm³/mol. The number of carbonyl (C=O) groups is 1. The number of aryl methyl sites for hydroxylation is 1. The quantitative estimate of drug-likeness (QED) is 0.611. The maximum absolute atomic E-state index is 12.7. The van der Waals surface area contributed by atoms with E-state index < -0.39 is 0 Å². The fourth-order valence-electron chi connectivity index (χ4n) is 3.86. The van der Waals surface area contributed by atoms with E-state index >= 15 is 0 Å². The Morgan fingerprint density at radius 3 is 2.97 bits per heavy atom. The molecule has 0 N–H and O–H groups in total. The van der Waals surface area contributed by atoms with Crippen molar-refractivity contribution in [2.24, 2.45) is 0 Å². The van der Waals surface area contributed by atoms with Gasteiger partial charge in [0.25, 0.3) is 0 Å². The van der Waals surface area contributed by atoms with Gasteiger partial charge in [0.15, 0.2) is 5.89 Å². The predicted octanol–water partition coefficient (Wildman–Crippen LogP) is 2.53. The van der Waals surface area contributed by atoms with E-state index in [1.807, 2.05) is 17.0 Å². The molecule has 0 saturated carbocycles. The summed E-state index contributed by atoms with van der Waals surface area (Å²) in [6.45, 7) is 2.60. The van der Waals surface area contributed by atoms with Crippen molar-refractivity contribution in [2.45, 2.75) is 44.6 Å². The minimum Gasteiger partial charge on any atom is -0.445 e. The van der Waals surface area contributed by atoms with Gasteiger partial charge in [0.1, 0.15) is 11.5 Å². The van der Waals surface area contributed by atoms with Crippen LogP contribution in [-0.2, 0) is 28.9 Å². The molecule has 1 unspecified atom stereocenters. The zero-order chi connectivity index (χ0) is 20.3. The van der Waals surface area contributed by atoms with Crippen LogP contribution in [0, 0.1) is 0 Å². The Morgan fingerprint density at radius 1 is 1.23 bits per heavy atom. The van der Waals surface area contributed by atoms with Crippen LogP contribution in [0.3, 0.4) is 0 Å². The molecule has 1 atom stereocenters. The summed E-state index contributed by atoms with van der Waals surface area (Å²) in [6.07, 6.45) is 6.69. The Hall–Kier alpha value is -3.07. The third-order valence-corrected chi connectivity index (χ3v) is 5.56. The maximum atomic E-state index is 12.7. The molecule has 0 bridgehead atoms. The topological polar surface area (TPSA) is 107 Å². The number of fused-ring (bicyclic) bond motifs is 1. The average molecular weight is 409 g/mol. The molecule has 5 heterocycles. The molecule has 156 valence electrons. The second kappa shape index (κ2) is 8.35. The molecular weight excluding hydrogens is 386 g/mol. The summed E-state index contributed by atoms with van der Waals surface area (Å²) in [4.78, 5) is 27.5. The first-order valence-corrected chi connectivity index (χ1v) is 10.3. The standard InChI is InChI=1S/C21H23N5O4/c27-19(3-1-2-18-24-20(25-30-18)14-4-8-22-9-5-14)26-10-6-17-16(12-26)23-21(29-17)15-7-11-28-13-15/h4-5,8-9,15H,1-3,6-7,10-13H2. The SMILES string of the molecule is O=C(CCCc1nc(-c2ccncc2)no1)N1CCc2oc(C3CCOC3)nc2C1. The van der Waals surface area contributed by atoms with Crippen molar-refractivity contribution in [3.05, 3.63) is 47.8 Å². The lowest BCUT2D eigenvalue weighted by molar-refractivity contribution is -0.132. The first-order valence-electron chi connectivity index (χ1n) is 10.3. The van der Waals surface area contributed by atoms with Gasteiger partial charge in [-0.1, -0.05) is 5.16 Å². The van der Waals surface area contributed by atoms with E-state index in [0.717, 1.165) is 35.9 Å². The lowest BCUT2D eigenvalue weighted by Crippen LogP contribution is -2.35. The van der Waals surface area contributed by atoms with Crippen molar-refractivity contribution < 1.29 is 18.5 Å². The molecule has 1 saturated heterocycles. The van der Waals surface area contributed by atoms with Crippen LogP contribution in [0.15, 0.2) is 33.5 Å². The van der Waals surface area contributed by atoms with Crippen molar-refractivity contribution in [1.82, 2.24) is 25.0 Å². The number of pyridine rings is 1. The van der Waals surface area contributed by atoms with Crippen molar-refractivity contribution in [1.29, 1.82) is 0 Å². The van der Waals surface area contributed by atoms with Crippen molar-refractivity contribution in [2.75, 3.05) is 19.8 Å². The van der Waals surface area contributed by atoms with Crippen molar-refractivity contribution in [3.63, 3.8) is 0 Å². The Bertz CT molecular complexity index is 1010. The Labute approximate surface area is 173 Å². The number of nitrogens with zero attached hydrogens (tertiary/aromatic N) is 5. The highest BCUT2D eigenvalue weighted by molar-refractivity contribution is 5.76. The summed E-state index contributed by atoms with van der Waals surface area (Å²) in [5, 5.41) is 4.00. The molecule has 2 aliphatic rings. The number of ether oxygens (including phenoxy) is 1. The van der Waals surface area contributed by atoms with Crippen LogP contribution in [-0.4, -0.2) is 50.7 Å². The number of rotatable bonds is 6. The van der Waals surface area contributed by atoms with Gasteiger partial charge >= 0.3 is 0 Å². The Balaban J connectivity index is 1.13. The Kier molecular flexibility index (Phi) is 5.27. The number of hydrogen-bond donors (Lipinski definition) is 0. The normalized spacial score (nSPS) is 18.5. The van der Waals surface area contributed by atoms with E-state index in [9.17, 15) is 4.79 Å². The monoisotopic (exact) mass is 409 g/mol. The van der Waals surface area contributed by atoms with Crippen LogP contribution < -0.4 is 0 Å². The van der Waals surface area contributed by atoms with Crippen LogP contribution >= 0.6 is 0 Å². The second-order valence-corrected chi connectivity index (χ2v) is 7.65. The zero-order valence-corrected chi connectivity index (χ0v) is 16.6. The van der Waals surface area contributed by atoms with Gasteiger partial charge in [-0.3, -0.25) is 9.78 Å². The van der Waals surface area contributed by atoms with E-state index in [0.29, 0.717) is 57.1 Å². The van der Waals surface area contributed by atoms with Crippen LogP contribution in [0.1, 0.15) is 48.4 Å². The maximum Gasteiger partial charge on any atom is 0.226 e. The largest absolute Gasteiger partial charge is 0.445 e. The van der Waals surface area contributed by atoms with E-state index in [2.05, 4.69) is 20.1 Å². The van der Waals surface area contributed by atoms with E-state index in [1.54, 1.807) is 12.4 Å². The summed E-state index contributed by atoms with van der Waals surface area (Å²) >= 11 is 0. The highest BCUT2D eigenvalue weighted by atomic mass is 16.5. The summed E-state index contributed by atoms with van der Waals surface area (Å²) < 4.78 is 16.7. The molecule has 9 nitrogen and oxygen atoms in total. The fraction of sp³-hybridized carbons (Fsp3) is 0.476. The van der Waals surface area contributed by atoms with Crippen LogP contribution in [0.2, 0.25) is 0 Å². The summed E-state index contributed by atoms with van der Waals surface area (Å²) in [7, 11) is 0. The van der Waals surface area contributed by atoms with Crippen molar-refractivity contribution in [3.8, 4) is 11.4 Å². The van der Waals surface area contributed by atoms with Gasteiger partial charge < -0.3 is 18.6 Å². The van der Waals surface area contributed by atoms with Gasteiger partial charge in [-0.15, -0.1) is 0 Å². The summed E-state index contributed by atoms with van der Waals surface area (Å²) in [5.41, 5.74) is 1.74. The highest BCUT2D eigenvalue weighted by Gasteiger charge is 2.29. The lowest BCUT2D eigenvalue weighted by Gasteiger charge is -2.25. The van der Waals surface area contributed by atoms with Gasteiger partial charge in [-0.25, -0.2) is 4.98 Å². The number of hydrogen-bond acceptors (Lipinski definition) is 8. The molecule has 5 rings (SSSR count). The molecule has 3 aromatic heterocycles. The van der Waals surface area contributed by atoms with Gasteiger partial charge in [-0.2, -0.15) is 4.98 Å². The Morgan fingerprint density at radius 2 is 2.13 bits per heavy atom. The smallest absolute Gasteiger partial charge is 0.226 e. The van der Waals surface area contributed by atoms with E-state index in [-0.39, 0.29) is 11.8 Å². The van der Waals surface area contributed by atoms with Gasteiger partial charge in [0.2, 0.25) is 17.6 Å². The summed E-state index contributed by atoms with van der Waals surface area (Å²) in [5.74, 6) is 3.10. The molecule has 0 aliphatic carbocycles. The number of amides is 1. The molecule has 0 aromatic carbocycles. The second-order valence-electron chi connectivity index (χ2n) is 7.65. The summed E-state index contributed by atoms with van der Waals surface area (Å²) in [6, 6.07) is 3.66. The molecule has 1 fully saturated rings. The highest BCUT2D eigenvalue weighted by Crippen LogP contribution is 2.29. The van der Waals surface area contributed by atoms with Crippen LogP contribution in [0.25, 0.3) is 11.4 Å². The van der Waals surface area contributed by atoms with E-state index in [1.165, 1.54) is 0 Å². The van der Waals surface area contributed by atoms with Crippen LogP contribution in [0.5, 0.6) is 0 Å². The fourth-order valence-corrected chi connectivity index (χ4v) is 3.86. The molecular formula is C21H23N5O4. The minimum absolute atomic E-state index is 0.114. The molecule has 1 amide bonds. The number of oxazole rings is 1. The third-order valence-electron chi connectivity index (χ3n) is 5.56. The number of carbonyl (C=O) groups excluding carboxylic acids is 1. The molecule has 0 radical (unpaired) electrons. The zero-order valence-electron chi connectivity index (χ0n) is 16.6. The molecule has 9 heteroatoms. The molecule has 2 aliphatic heterocycles. The first-order chi connectivity index (χ1) is 14.8. The minimum atomic E-state index is 0.114. The molecule has 3 aromatic rings. The molecule has 30 heavy (non-hydrogen) atoms. The number of aromatic nitrogens is 4. The third kappa shape index (κ3) is 3.97. The lowest BCUT2D eigenvalue weighted by atomic mass is 10.1. The average Bonchev–Trinajstić information content (AvgIpc) is 3.53. The van der Waals surface area contributed by atoms with Gasteiger partial charge in [0.05, 0.1) is 19.1 Å².